The summed E-state index contributed by atoms with van der Waals surface area (Å²) in [4.78, 5) is 0. The molecule has 0 saturated carbocycles. The molecule has 2 N–H and O–H groups in total. The predicted molar refractivity (Wildman–Crippen MR) is 39.4 cm³/mol. The summed E-state index contributed by atoms with van der Waals surface area (Å²) in [6.07, 6.45) is 0.126. The van der Waals surface area contributed by atoms with Crippen molar-refractivity contribution in [3.8, 4) is 0 Å². The van der Waals surface area contributed by atoms with E-state index in [2.05, 4.69) is 13.6 Å². The zero-order valence-electron chi connectivity index (χ0n) is 5.87. The summed E-state index contributed by atoms with van der Waals surface area (Å²) in [6, 6.07) is 0. The number of rotatable bonds is 7. The van der Waals surface area contributed by atoms with Crippen LogP contribution in [0.25, 0.3) is 0 Å². The molecule has 0 amide bonds. The Balaban J connectivity index is 3.12. The third-order valence-electron chi connectivity index (χ3n) is 0.736. The van der Waals surface area contributed by atoms with Crippen LogP contribution in [0.2, 0.25) is 0 Å². The van der Waals surface area contributed by atoms with Crippen LogP contribution in [0.5, 0.6) is 0 Å². The van der Waals surface area contributed by atoms with Crippen LogP contribution >= 0.6 is 12.3 Å². The minimum atomic E-state index is -3.93. The van der Waals surface area contributed by atoms with Crippen molar-refractivity contribution >= 4 is 22.4 Å². The first kappa shape index (κ1) is 12.1. The van der Waals surface area contributed by atoms with Crippen molar-refractivity contribution in [1.29, 1.82) is 0 Å². The lowest BCUT2D eigenvalue weighted by Crippen LogP contribution is -2.05. The average Bonchev–Trinajstić information content (AvgIpc) is 1.94. The van der Waals surface area contributed by atoms with Crippen LogP contribution in [-0.4, -0.2) is 30.6 Å². The molecule has 0 aliphatic carbocycles. The van der Waals surface area contributed by atoms with Gasteiger partial charge in [0, 0.05) is 0 Å². The summed E-state index contributed by atoms with van der Waals surface area (Å²) in [5.41, 5.74) is 0. The minimum Gasteiger partial charge on any atom is -0.289 e. The van der Waals surface area contributed by atoms with Gasteiger partial charge in [0.1, 0.15) is 0 Å². The average molecular weight is 220 g/mol. The van der Waals surface area contributed by atoms with E-state index in [1.54, 1.807) is 0 Å². The van der Waals surface area contributed by atoms with Crippen molar-refractivity contribution in [2.45, 2.75) is 6.42 Å². The molecule has 7 nitrogen and oxygen atoms in total. The molecule has 0 bridgehead atoms. The van der Waals surface area contributed by atoms with Crippen molar-refractivity contribution in [3.05, 3.63) is 0 Å². The van der Waals surface area contributed by atoms with E-state index in [9.17, 15) is 8.42 Å². The Kier molecular flexibility index (Phi) is 6.65. The Hall–Kier alpha value is 0.1000. The molecule has 0 aromatic heterocycles. The third-order valence-corrected chi connectivity index (χ3v) is 1.92. The Morgan fingerprint density at radius 3 is 2.58 bits per heavy atom. The maximum Gasteiger partial charge on any atom is 0.264 e. The monoisotopic (exact) mass is 220 g/mol. The van der Waals surface area contributed by atoms with Crippen LogP contribution in [0.1, 0.15) is 6.42 Å². The van der Waals surface area contributed by atoms with Gasteiger partial charge in [-0.15, -0.1) is 4.33 Å². The third kappa shape index (κ3) is 10.1. The molecule has 74 valence electrons. The topological polar surface area (TPSA) is 102 Å². The molecule has 9 heteroatoms. The molecule has 0 rings (SSSR count). The molecule has 0 heterocycles. The second-order valence-electron chi connectivity index (χ2n) is 1.67. The van der Waals surface area contributed by atoms with Crippen molar-refractivity contribution in [2.24, 2.45) is 0 Å². The summed E-state index contributed by atoms with van der Waals surface area (Å²) in [7, 11) is -3.93. The quantitative estimate of drug-likeness (QED) is 0.207. The van der Waals surface area contributed by atoms with Crippen LogP contribution in [0.3, 0.4) is 0 Å². The Labute approximate surface area is 73.6 Å². The van der Waals surface area contributed by atoms with E-state index < -0.39 is 10.1 Å². The van der Waals surface area contributed by atoms with Gasteiger partial charge in [0.25, 0.3) is 10.1 Å². The largest absolute Gasteiger partial charge is 0.289 e. The van der Waals surface area contributed by atoms with Crippen molar-refractivity contribution in [2.75, 3.05) is 12.4 Å². The first-order valence-corrected chi connectivity index (χ1v) is 5.05. The first-order chi connectivity index (χ1) is 5.56. The molecule has 0 radical (unpaired) electrons. The summed E-state index contributed by atoms with van der Waals surface area (Å²) >= 11 is 0.355. The zero-order chi connectivity index (χ0) is 9.45. The van der Waals surface area contributed by atoms with Gasteiger partial charge in [-0.25, -0.2) is 5.26 Å². The SMILES string of the molecule is O=S(=O)(O)CCCOSOOO. The van der Waals surface area contributed by atoms with Gasteiger partial charge < -0.3 is 0 Å². The van der Waals surface area contributed by atoms with Crippen LogP contribution in [0.4, 0.5) is 0 Å². The van der Waals surface area contributed by atoms with Gasteiger partial charge in [-0.05, 0) is 6.42 Å². The van der Waals surface area contributed by atoms with Crippen molar-refractivity contribution in [3.63, 3.8) is 0 Å². The van der Waals surface area contributed by atoms with Gasteiger partial charge in [-0.1, -0.05) is 5.04 Å². The van der Waals surface area contributed by atoms with Crippen LogP contribution < -0.4 is 0 Å². The van der Waals surface area contributed by atoms with E-state index >= 15 is 0 Å². The number of hydrogen-bond donors (Lipinski definition) is 2. The Bertz CT molecular complexity index is 187. The molecule has 0 saturated heterocycles. The molecule has 0 aromatic rings. The van der Waals surface area contributed by atoms with Gasteiger partial charge in [0.15, 0.2) is 12.3 Å². The van der Waals surface area contributed by atoms with Gasteiger partial charge in [-0.2, -0.15) is 8.42 Å². The van der Waals surface area contributed by atoms with Gasteiger partial charge in [0.05, 0.1) is 12.4 Å². The summed E-state index contributed by atoms with van der Waals surface area (Å²) < 4.78 is 36.8. The molecule has 0 spiro atoms. The van der Waals surface area contributed by atoms with Crippen LogP contribution in [-0.2, 0) is 23.7 Å². The van der Waals surface area contributed by atoms with Crippen molar-refractivity contribution in [1.82, 2.24) is 0 Å². The maximum absolute atomic E-state index is 10.1. The lowest BCUT2D eigenvalue weighted by molar-refractivity contribution is -0.434. The summed E-state index contributed by atoms with van der Waals surface area (Å²) in [5.74, 6) is -0.381. The molecular formula is C3H8O7S2. The van der Waals surface area contributed by atoms with Crippen LogP contribution in [0, 0.1) is 0 Å². The lowest BCUT2D eigenvalue weighted by Gasteiger charge is -1.97. The van der Waals surface area contributed by atoms with E-state index in [4.69, 9.17) is 9.81 Å². The second kappa shape index (κ2) is 6.60. The summed E-state index contributed by atoms with van der Waals surface area (Å²) in [5, 5.41) is 10.8. The van der Waals surface area contributed by atoms with Crippen LogP contribution in [0.15, 0.2) is 0 Å². The van der Waals surface area contributed by atoms with E-state index in [1.165, 1.54) is 0 Å². The molecule has 0 aromatic carbocycles. The molecule has 0 aliphatic rings. The highest BCUT2D eigenvalue weighted by atomic mass is 32.2. The van der Waals surface area contributed by atoms with E-state index in [0.717, 1.165) is 0 Å². The van der Waals surface area contributed by atoms with Gasteiger partial charge >= 0.3 is 0 Å². The van der Waals surface area contributed by atoms with Gasteiger partial charge in [0.2, 0.25) is 0 Å². The van der Waals surface area contributed by atoms with E-state index in [0.29, 0.717) is 12.3 Å². The number of hydrogen-bond acceptors (Lipinski definition) is 7. The fraction of sp³-hybridized carbons (Fsp3) is 1.00. The highest BCUT2D eigenvalue weighted by Gasteiger charge is 2.03. The Morgan fingerprint density at radius 2 is 2.08 bits per heavy atom. The van der Waals surface area contributed by atoms with Gasteiger partial charge in [-0.3, -0.25) is 8.74 Å². The standard InChI is InChI=1S/C3H8O7S2/c4-9-10-11-8-2-1-3-12(5,6)7/h4H,1-3H2,(H,5,6,7). The maximum atomic E-state index is 10.1. The molecule has 12 heavy (non-hydrogen) atoms. The first-order valence-electron chi connectivity index (χ1n) is 2.78. The Morgan fingerprint density at radius 1 is 1.42 bits per heavy atom. The smallest absolute Gasteiger partial charge is 0.264 e. The summed E-state index contributed by atoms with van der Waals surface area (Å²) in [6.45, 7) is 0.0494. The minimum absolute atomic E-state index is 0.0494. The molecule has 0 aliphatic heterocycles. The lowest BCUT2D eigenvalue weighted by atomic mass is 10.5. The molecular weight excluding hydrogens is 212 g/mol. The zero-order valence-corrected chi connectivity index (χ0v) is 7.51. The predicted octanol–water partition coefficient (Wildman–Crippen LogP) is 0.265. The molecule has 0 fully saturated rings. The highest BCUT2D eigenvalue weighted by Crippen LogP contribution is 2.04. The van der Waals surface area contributed by atoms with Crippen molar-refractivity contribution < 1.29 is 31.8 Å². The fourth-order valence-corrected chi connectivity index (χ4v) is 1.10. The van der Waals surface area contributed by atoms with E-state index in [-0.39, 0.29) is 18.8 Å². The fourth-order valence-electron chi connectivity index (χ4n) is 0.366. The molecule has 0 unspecified atom stereocenters. The normalized spacial score (nSPS) is 11.8. The highest BCUT2D eigenvalue weighted by molar-refractivity contribution is 7.89. The molecule has 0 atom stereocenters. The van der Waals surface area contributed by atoms with E-state index in [1.807, 2.05) is 0 Å². The second-order valence-corrected chi connectivity index (χ2v) is 3.75.